The fraction of sp³-hybridized carbons (Fsp3) is 0.500. The van der Waals surface area contributed by atoms with Crippen LogP contribution in [0.15, 0.2) is 23.1 Å². The van der Waals surface area contributed by atoms with Gasteiger partial charge in [-0.05, 0) is 24.1 Å². The highest BCUT2D eigenvalue weighted by atomic mass is 32.2. The first kappa shape index (κ1) is 20.9. The summed E-state index contributed by atoms with van der Waals surface area (Å²) in [7, 11) is 0.256. The summed E-state index contributed by atoms with van der Waals surface area (Å²) in [6.07, 6.45) is 0. The Hall–Kier alpha value is -2.13. The van der Waals surface area contributed by atoms with Gasteiger partial charge in [0.25, 0.3) is 5.91 Å². The van der Waals surface area contributed by atoms with Crippen LogP contribution in [0, 0.1) is 5.92 Å². The minimum Gasteiger partial charge on any atom is -0.495 e. The molecule has 0 bridgehead atoms. The van der Waals surface area contributed by atoms with Crippen molar-refractivity contribution < 1.29 is 27.9 Å². The van der Waals surface area contributed by atoms with Gasteiger partial charge in [0.05, 0.1) is 7.11 Å². The third kappa shape index (κ3) is 5.17. The van der Waals surface area contributed by atoms with E-state index in [0.717, 1.165) is 4.31 Å². The quantitative estimate of drug-likeness (QED) is 0.733. The fourth-order valence-corrected chi connectivity index (χ4v) is 3.29. The van der Waals surface area contributed by atoms with Gasteiger partial charge in [-0.2, -0.15) is 0 Å². The topological polar surface area (TPSA) is 104 Å². The maximum absolute atomic E-state index is 12.7. The van der Waals surface area contributed by atoms with Gasteiger partial charge in [0, 0.05) is 26.2 Å². The lowest BCUT2D eigenvalue weighted by molar-refractivity contribution is -0.137. The molecule has 1 rings (SSSR count). The molecular formula is C16H24N2O6S. The van der Waals surface area contributed by atoms with E-state index in [9.17, 15) is 18.0 Å². The Bertz CT molecular complexity index is 743. The van der Waals surface area contributed by atoms with Crippen LogP contribution < -0.4 is 4.74 Å². The number of hydrogen-bond acceptors (Lipinski definition) is 5. The highest BCUT2D eigenvalue weighted by Crippen LogP contribution is 2.27. The molecule has 0 aliphatic carbocycles. The van der Waals surface area contributed by atoms with Gasteiger partial charge in [0.15, 0.2) is 0 Å². The molecule has 25 heavy (non-hydrogen) atoms. The largest absolute Gasteiger partial charge is 0.495 e. The first-order valence-electron chi connectivity index (χ1n) is 7.62. The first-order chi connectivity index (χ1) is 11.5. The van der Waals surface area contributed by atoms with Gasteiger partial charge < -0.3 is 14.7 Å². The van der Waals surface area contributed by atoms with Crippen LogP contribution in [-0.2, 0) is 14.8 Å². The predicted octanol–water partition coefficient (Wildman–Crippen LogP) is 1.13. The van der Waals surface area contributed by atoms with Crippen LogP contribution in [0.1, 0.15) is 24.2 Å². The van der Waals surface area contributed by atoms with Crippen molar-refractivity contribution in [3.8, 4) is 5.75 Å². The summed E-state index contributed by atoms with van der Waals surface area (Å²) in [5.74, 6) is -1.51. The Kier molecular flexibility index (Phi) is 6.95. The lowest BCUT2D eigenvalue weighted by Crippen LogP contribution is -2.38. The zero-order valence-corrected chi connectivity index (χ0v) is 15.8. The number of nitrogens with zero attached hydrogens (tertiary/aromatic N) is 2. The molecule has 1 aromatic carbocycles. The number of amides is 1. The van der Waals surface area contributed by atoms with Crippen LogP contribution >= 0.6 is 0 Å². The molecule has 0 heterocycles. The third-order valence-corrected chi connectivity index (χ3v) is 5.20. The van der Waals surface area contributed by atoms with Crippen molar-refractivity contribution in [2.45, 2.75) is 18.7 Å². The predicted molar refractivity (Wildman–Crippen MR) is 92.2 cm³/mol. The Morgan fingerprint density at radius 1 is 1.24 bits per heavy atom. The molecule has 8 nitrogen and oxygen atoms in total. The smallest absolute Gasteiger partial charge is 0.323 e. The van der Waals surface area contributed by atoms with E-state index < -0.39 is 28.4 Å². The number of benzene rings is 1. The maximum atomic E-state index is 12.7. The number of rotatable bonds is 8. The molecule has 1 N–H and O–H groups in total. The Balaban J connectivity index is 3.37. The van der Waals surface area contributed by atoms with Gasteiger partial charge in [-0.15, -0.1) is 0 Å². The molecule has 0 fully saturated rings. The van der Waals surface area contributed by atoms with Gasteiger partial charge in [0.1, 0.15) is 17.2 Å². The summed E-state index contributed by atoms with van der Waals surface area (Å²) in [5.41, 5.74) is 0.0862. The molecule has 1 aromatic rings. The van der Waals surface area contributed by atoms with Crippen LogP contribution in [0.2, 0.25) is 0 Å². The highest BCUT2D eigenvalue weighted by molar-refractivity contribution is 7.89. The van der Waals surface area contributed by atoms with E-state index in [1.165, 1.54) is 44.3 Å². The molecule has 0 spiro atoms. The molecule has 0 unspecified atom stereocenters. The minimum atomic E-state index is -3.83. The number of sulfonamides is 1. The van der Waals surface area contributed by atoms with Crippen molar-refractivity contribution in [2.75, 3.05) is 34.3 Å². The van der Waals surface area contributed by atoms with E-state index in [2.05, 4.69) is 0 Å². The molecule has 0 saturated carbocycles. The first-order valence-corrected chi connectivity index (χ1v) is 9.06. The van der Waals surface area contributed by atoms with E-state index in [1.807, 2.05) is 13.8 Å². The van der Waals surface area contributed by atoms with Gasteiger partial charge in [-0.25, -0.2) is 12.7 Å². The normalized spacial score (nSPS) is 11.6. The van der Waals surface area contributed by atoms with Crippen LogP contribution in [-0.4, -0.2) is 68.9 Å². The summed E-state index contributed by atoms with van der Waals surface area (Å²) >= 11 is 0. The summed E-state index contributed by atoms with van der Waals surface area (Å²) in [4.78, 5) is 24.7. The molecule has 0 aliphatic heterocycles. The highest BCUT2D eigenvalue weighted by Gasteiger charge is 2.26. The summed E-state index contributed by atoms with van der Waals surface area (Å²) < 4.78 is 31.0. The lowest BCUT2D eigenvalue weighted by atomic mass is 10.1. The number of aliphatic carboxylic acids is 1. The lowest BCUT2D eigenvalue weighted by Gasteiger charge is -2.23. The number of carboxylic acids is 1. The molecule has 9 heteroatoms. The SMILES string of the molecule is COc1ccc(C(=O)N(CC(=O)O)CC(C)C)cc1S(=O)(=O)N(C)C. The maximum Gasteiger partial charge on any atom is 0.323 e. The standard InChI is InChI=1S/C16H24N2O6S/c1-11(2)9-18(10-15(19)20)16(21)12-6-7-13(24-5)14(8-12)25(22,23)17(3)4/h6-8,11H,9-10H2,1-5H3,(H,19,20). The second-order valence-corrected chi connectivity index (χ2v) is 8.25. The number of carbonyl (C=O) groups excluding carboxylic acids is 1. The van der Waals surface area contributed by atoms with Gasteiger partial charge in [-0.3, -0.25) is 9.59 Å². The van der Waals surface area contributed by atoms with Crippen molar-refractivity contribution in [3.05, 3.63) is 23.8 Å². The van der Waals surface area contributed by atoms with E-state index in [-0.39, 0.29) is 28.7 Å². The number of ether oxygens (including phenoxy) is 1. The molecule has 0 aromatic heterocycles. The zero-order chi connectivity index (χ0) is 19.4. The average molecular weight is 372 g/mol. The van der Waals surface area contributed by atoms with Gasteiger partial charge >= 0.3 is 5.97 Å². The Morgan fingerprint density at radius 3 is 2.28 bits per heavy atom. The number of carbonyl (C=O) groups is 2. The van der Waals surface area contributed by atoms with Crippen molar-refractivity contribution in [1.82, 2.24) is 9.21 Å². The molecule has 0 aliphatic rings. The second-order valence-electron chi connectivity index (χ2n) is 6.13. The van der Waals surface area contributed by atoms with E-state index in [4.69, 9.17) is 9.84 Å². The van der Waals surface area contributed by atoms with Crippen LogP contribution in [0.25, 0.3) is 0 Å². The van der Waals surface area contributed by atoms with E-state index in [0.29, 0.717) is 0 Å². The zero-order valence-electron chi connectivity index (χ0n) is 15.0. The second kappa shape index (κ2) is 8.30. The fourth-order valence-electron chi connectivity index (χ4n) is 2.21. The van der Waals surface area contributed by atoms with Crippen molar-refractivity contribution >= 4 is 21.9 Å². The monoisotopic (exact) mass is 372 g/mol. The van der Waals surface area contributed by atoms with Gasteiger partial charge in [-0.1, -0.05) is 13.8 Å². The van der Waals surface area contributed by atoms with Crippen LogP contribution in [0.3, 0.4) is 0 Å². The molecule has 0 atom stereocenters. The average Bonchev–Trinajstić information content (AvgIpc) is 2.51. The van der Waals surface area contributed by atoms with E-state index in [1.54, 1.807) is 0 Å². The number of methoxy groups -OCH3 is 1. The summed E-state index contributed by atoms with van der Waals surface area (Å²) in [6, 6.07) is 4.02. The van der Waals surface area contributed by atoms with Gasteiger partial charge in [0.2, 0.25) is 10.0 Å². The number of hydrogen-bond donors (Lipinski definition) is 1. The van der Waals surface area contributed by atoms with Crippen molar-refractivity contribution in [1.29, 1.82) is 0 Å². The van der Waals surface area contributed by atoms with E-state index >= 15 is 0 Å². The van der Waals surface area contributed by atoms with Crippen molar-refractivity contribution in [3.63, 3.8) is 0 Å². The third-order valence-electron chi connectivity index (χ3n) is 3.37. The van der Waals surface area contributed by atoms with Crippen LogP contribution in [0.5, 0.6) is 5.75 Å². The molecule has 140 valence electrons. The molecule has 0 saturated heterocycles. The Labute approximate surface area is 148 Å². The molecule has 0 radical (unpaired) electrons. The summed E-state index contributed by atoms with van der Waals surface area (Å²) in [6.45, 7) is 3.50. The van der Waals surface area contributed by atoms with Crippen LogP contribution in [0.4, 0.5) is 0 Å². The Morgan fingerprint density at radius 2 is 1.84 bits per heavy atom. The number of carboxylic acid groups (broad SMARTS) is 1. The van der Waals surface area contributed by atoms with Crippen molar-refractivity contribution in [2.24, 2.45) is 5.92 Å². The molecular weight excluding hydrogens is 348 g/mol. The molecule has 1 amide bonds. The summed E-state index contributed by atoms with van der Waals surface area (Å²) in [5, 5.41) is 9.01. The minimum absolute atomic E-state index is 0.0616.